The highest BCUT2D eigenvalue weighted by atomic mass is 16.5. The molecule has 1 aromatic carbocycles. The summed E-state index contributed by atoms with van der Waals surface area (Å²) < 4.78 is 0. The van der Waals surface area contributed by atoms with E-state index in [-0.39, 0.29) is 17.4 Å². The van der Waals surface area contributed by atoms with Gasteiger partial charge >= 0.3 is 0 Å². The molecule has 0 spiro atoms. The monoisotopic (exact) mass is 381 g/mol. The summed E-state index contributed by atoms with van der Waals surface area (Å²) in [6.45, 7) is 4.36. The minimum Gasteiger partial charge on any atom is -0.338 e. The molecule has 8 nitrogen and oxygen atoms in total. The molecule has 0 radical (unpaired) electrons. The molecule has 0 bridgehead atoms. The maximum Gasteiger partial charge on any atom is 0.277 e. The van der Waals surface area contributed by atoms with Crippen molar-refractivity contribution in [1.29, 1.82) is 0 Å². The summed E-state index contributed by atoms with van der Waals surface area (Å²) >= 11 is 0. The van der Waals surface area contributed by atoms with Gasteiger partial charge in [0.2, 0.25) is 5.95 Å². The fourth-order valence-corrected chi connectivity index (χ4v) is 3.15. The average molecular weight is 381 g/mol. The van der Waals surface area contributed by atoms with E-state index in [0.717, 1.165) is 5.56 Å². The maximum absolute atomic E-state index is 12.2. The second-order valence-electron chi connectivity index (χ2n) is 6.56. The first kappa shape index (κ1) is 19.7. The van der Waals surface area contributed by atoms with Gasteiger partial charge in [0.15, 0.2) is 5.78 Å². The Labute approximate surface area is 163 Å². The highest BCUT2D eigenvalue weighted by Gasteiger charge is 2.26. The van der Waals surface area contributed by atoms with Gasteiger partial charge in [0.05, 0.1) is 11.6 Å². The molecule has 2 aromatic rings. The van der Waals surface area contributed by atoms with E-state index in [4.69, 9.17) is 5.21 Å². The number of hydroxylamine groups is 1. The Kier molecular flexibility index (Phi) is 6.46. The molecule has 146 valence electrons. The van der Waals surface area contributed by atoms with Crippen molar-refractivity contribution in [1.82, 2.24) is 20.3 Å². The number of ketones is 1. The van der Waals surface area contributed by atoms with Crippen LogP contribution in [0.25, 0.3) is 6.08 Å². The highest BCUT2D eigenvalue weighted by Crippen LogP contribution is 2.15. The van der Waals surface area contributed by atoms with Crippen LogP contribution in [0.2, 0.25) is 0 Å². The second kappa shape index (κ2) is 9.20. The first-order chi connectivity index (χ1) is 13.6. The Morgan fingerprint density at radius 1 is 1.11 bits per heavy atom. The quantitative estimate of drug-likeness (QED) is 0.576. The number of Topliss-reactive ketones (excluding diaryl/α,β-unsaturated/α-hetero) is 1. The first-order valence-corrected chi connectivity index (χ1v) is 9.07. The first-order valence-electron chi connectivity index (χ1n) is 9.07. The van der Waals surface area contributed by atoms with Gasteiger partial charge in [-0.3, -0.25) is 19.7 Å². The lowest BCUT2D eigenvalue weighted by molar-refractivity contribution is -0.120. The Bertz CT molecular complexity index is 831. The van der Waals surface area contributed by atoms with E-state index in [9.17, 15) is 9.59 Å². The van der Waals surface area contributed by atoms with Gasteiger partial charge in [-0.1, -0.05) is 42.5 Å². The van der Waals surface area contributed by atoms with Gasteiger partial charge in [0.25, 0.3) is 5.91 Å². The minimum atomic E-state index is -0.647. The van der Waals surface area contributed by atoms with Gasteiger partial charge in [-0.2, -0.15) is 0 Å². The lowest BCUT2D eigenvalue weighted by atomic mass is 10.1. The van der Waals surface area contributed by atoms with Crippen LogP contribution < -0.4 is 10.4 Å². The Morgan fingerprint density at radius 3 is 2.32 bits per heavy atom. The number of hydrogen-bond acceptors (Lipinski definition) is 7. The number of piperazine rings is 1. The van der Waals surface area contributed by atoms with Crippen LogP contribution in [0.5, 0.6) is 0 Å². The van der Waals surface area contributed by atoms with E-state index in [2.05, 4.69) is 14.9 Å². The third kappa shape index (κ3) is 4.79. The van der Waals surface area contributed by atoms with Crippen LogP contribution >= 0.6 is 0 Å². The topological polar surface area (TPSA) is 98.7 Å². The summed E-state index contributed by atoms with van der Waals surface area (Å²) in [7, 11) is 0. The number of benzene rings is 1. The van der Waals surface area contributed by atoms with Crippen molar-refractivity contribution >= 4 is 23.7 Å². The van der Waals surface area contributed by atoms with Gasteiger partial charge in [-0.25, -0.2) is 15.4 Å². The summed E-state index contributed by atoms with van der Waals surface area (Å²) in [5.74, 6) is -0.0181. The predicted molar refractivity (Wildman–Crippen MR) is 105 cm³/mol. The smallest absolute Gasteiger partial charge is 0.277 e. The van der Waals surface area contributed by atoms with Gasteiger partial charge in [0.1, 0.15) is 0 Å². The van der Waals surface area contributed by atoms with Crippen LogP contribution in [0.3, 0.4) is 0 Å². The van der Waals surface area contributed by atoms with E-state index < -0.39 is 5.91 Å². The number of anilines is 1. The maximum atomic E-state index is 12.2. The Hall–Kier alpha value is -3.10. The molecule has 1 unspecified atom stereocenters. The molecule has 0 saturated carbocycles. The molecular weight excluding hydrogens is 358 g/mol. The Morgan fingerprint density at radius 2 is 1.75 bits per heavy atom. The molecule has 1 amide bonds. The summed E-state index contributed by atoms with van der Waals surface area (Å²) in [5, 5.41) is 8.64. The van der Waals surface area contributed by atoms with E-state index in [1.807, 2.05) is 47.4 Å². The third-order valence-corrected chi connectivity index (χ3v) is 4.68. The third-order valence-electron chi connectivity index (χ3n) is 4.68. The average Bonchev–Trinajstić information content (AvgIpc) is 2.74. The molecule has 1 saturated heterocycles. The summed E-state index contributed by atoms with van der Waals surface area (Å²) in [6, 6.07) is 9.64. The van der Waals surface area contributed by atoms with Gasteiger partial charge < -0.3 is 4.90 Å². The number of carbonyl (C=O) groups excluding carboxylic acids is 2. The van der Waals surface area contributed by atoms with Crippen molar-refractivity contribution in [2.24, 2.45) is 0 Å². The van der Waals surface area contributed by atoms with Crippen molar-refractivity contribution in [3.05, 3.63) is 59.9 Å². The summed E-state index contributed by atoms with van der Waals surface area (Å²) in [4.78, 5) is 36.0. The van der Waals surface area contributed by atoms with Gasteiger partial charge in [-0.15, -0.1) is 0 Å². The standard InChI is InChI=1S/C20H23N5O3/c1-15(26)18(8-7-16-5-3-2-4-6-16)24-9-11-25(12-10-24)20-21-13-17(14-22-20)19(27)23-28/h2-8,13-14,18,28H,9-12H2,1H3,(H,23,27)/b8-7+. The normalized spacial score (nSPS) is 16.1. The number of nitrogens with zero attached hydrogens (tertiary/aromatic N) is 4. The largest absolute Gasteiger partial charge is 0.338 e. The van der Waals surface area contributed by atoms with Crippen LogP contribution in [0, 0.1) is 0 Å². The van der Waals surface area contributed by atoms with Crippen molar-refractivity contribution in [2.75, 3.05) is 31.1 Å². The zero-order valence-corrected chi connectivity index (χ0v) is 15.7. The SMILES string of the molecule is CC(=O)C(/C=C/c1ccccc1)N1CCN(c2ncc(C(=O)NO)cn2)CC1. The molecular formula is C20H23N5O3. The number of carbonyl (C=O) groups is 2. The van der Waals surface area contributed by atoms with Crippen LogP contribution in [0.4, 0.5) is 5.95 Å². The van der Waals surface area contributed by atoms with E-state index in [0.29, 0.717) is 32.1 Å². The van der Waals surface area contributed by atoms with Crippen LogP contribution in [0.1, 0.15) is 22.8 Å². The molecule has 28 heavy (non-hydrogen) atoms. The van der Waals surface area contributed by atoms with Crippen LogP contribution in [-0.2, 0) is 4.79 Å². The van der Waals surface area contributed by atoms with E-state index in [1.54, 1.807) is 12.4 Å². The van der Waals surface area contributed by atoms with Crippen molar-refractivity contribution in [3.63, 3.8) is 0 Å². The number of aromatic nitrogens is 2. The molecule has 1 fully saturated rings. The zero-order chi connectivity index (χ0) is 19.9. The van der Waals surface area contributed by atoms with Crippen molar-refractivity contribution in [3.8, 4) is 0 Å². The van der Waals surface area contributed by atoms with Crippen molar-refractivity contribution < 1.29 is 14.8 Å². The number of rotatable bonds is 6. The lowest BCUT2D eigenvalue weighted by Crippen LogP contribution is -2.52. The number of nitrogens with one attached hydrogen (secondary N) is 1. The molecule has 1 aromatic heterocycles. The van der Waals surface area contributed by atoms with E-state index >= 15 is 0 Å². The second-order valence-corrected chi connectivity index (χ2v) is 6.56. The summed E-state index contributed by atoms with van der Waals surface area (Å²) in [6.07, 6.45) is 6.68. The van der Waals surface area contributed by atoms with Crippen LogP contribution in [-0.4, -0.2) is 64.0 Å². The van der Waals surface area contributed by atoms with Crippen LogP contribution in [0.15, 0.2) is 48.8 Å². The summed E-state index contributed by atoms with van der Waals surface area (Å²) in [5.41, 5.74) is 2.81. The number of hydrogen-bond donors (Lipinski definition) is 2. The molecule has 1 aliphatic rings. The highest BCUT2D eigenvalue weighted by molar-refractivity contribution is 5.92. The Balaban J connectivity index is 1.62. The van der Waals surface area contributed by atoms with E-state index in [1.165, 1.54) is 12.4 Å². The minimum absolute atomic E-state index is 0.108. The van der Waals surface area contributed by atoms with Gasteiger partial charge in [-0.05, 0) is 12.5 Å². The molecule has 1 aliphatic heterocycles. The predicted octanol–water partition coefficient (Wildman–Crippen LogP) is 1.39. The molecule has 0 aliphatic carbocycles. The fraction of sp³-hybridized carbons (Fsp3) is 0.300. The molecule has 2 heterocycles. The number of amides is 1. The fourth-order valence-electron chi connectivity index (χ4n) is 3.15. The van der Waals surface area contributed by atoms with Gasteiger partial charge in [0, 0.05) is 38.6 Å². The zero-order valence-electron chi connectivity index (χ0n) is 15.7. The lowest BCUT2D eigenvalue weighted by Gasteiger charge is -2.37. The molecule has 1 atom stereocenters. The van der Waals surface area contributed by atoms with Crippen molar-refractivity contribution in [2.45, 2.75) is 13.0 Å². The molecule has 2 N–H and O–H groups in total. The molecule has 8 heteroatoms. The molecule has 3 rings (SSSR count).